The maximum Gasteiger partial charge on any atom is 0.326 e. The molecule has 0 heterocycles. The maximum atomic E-state index is 12.9. The number of carbonyl (C=O) groups excluding carboxylic acids is 4. The Hall–Kier alpha value is -3.42. The van der Waals surface area contributed by atoms with Gasteiger partial charge in [-0.05, 0) is 38.5 Å². The molecule has 0 saturated carbocycles. The van der Waals surface area contributed by atoms with Crippen LogP contribution in [0.25, 0.3) is 0 Å². The highest BCUT2D eigenvalue weighted by atomic mass is 16.4. The van der Waals surface area contributed by atoms with Crippen molar-refractivity contribution in [3.63, 3.8) is 0 Å². The zero-order valence-corrected chi connectivity index (χ0v) is 22.5. The average molecular weight is 529 g/mol. The number of carboxylic acids is 1. The van der Waals surface area contributed by atoms with Gasteiger partial charge < -0.3 is 43.2 Å². The lowest BCUT2D eigenvalue weighted by Crippen LogP contribution is -2.58. The summed E-state index contributed by atoms with van der Waals surface area (Å²) in [6.07, 6.45) is 1.24. The van der Waals surface area contributed by atoms with Crippen molar-refractivity contribution in [2.45, 2.75) is 91.0 Å². The minimum absolute atomic E-state index is 0.114. The first-order valence-electron chi connectivity index (χ1n) is 12.4. The van der Waals surface area contributed by atoms with E-state index < -0.39 is 59.8 Å². The third-order valence-corrected chi connectivity index (χ3v) is 5.91. The van der Waals surface area contributed by atoms with Crippen LogP contribution in [0.3, 0.4) is 0 Å². The summed E-state index contributed by atoms with van der Waals surface area (Å²) >= 11 is 0. The van der Waals surface area contributed by atoms with Crippen molar-refractivity contribution in [3.8, 4) is 0 Å². The number of aliphatic carboxylic acids is 1. The molecule has 0 spiro atoms. The number of hydrogen-bond acceptors (Lipinski definition) is 7. The zero-order chi connectivity index (χ0) is 28.9. The number of amides is 4. The highest BCUT2D eigenvalue weighted by molar-refractivity contribution is 5.95. The summed E-state index contributed by atoms with van der Waals surface area (Å²) in [5.41, 5.74) is 11.2. The molecule has 0 bridgehead atoms. The van der Waals surface area contributed by atoms with Crippen LogP contribution >= 0.6 is 0 Å². The van der Waals surface area contributed by atoms with Crippen molar-refractivity contribution in [1.29, 1.82) is 5.41 Å². The summed E-state index contributed by atoms with van der Waals surface area (Å²) in [6.45, 7) is 10.1. The van der Waals surface area contributed by atoms with Crippen molar-refractivity contribution >= 4 is 35.6 Å². The van der Waals surface area contributed by atoms with Crippen molar-refractivity contribution in [1.82, 2.24) is 26.6 Å². The van der Waals surface area contributed by atoms with Gasteiger partial charge in [0.25, 0.3) is 0 Å². The fourth-order valence-electron chi connectivity index (χ4n) is 3.15. The molecule has 0 fully saturated rings. The molecule has 0 aromatic heterocycles. The summed E-state index contributed by atoms with van der Waals surface area (Å²) in [6, 6.07) is -5.08. The van der Waals surface area contributed by atoms with Gasteiger partial charge >= 0.3 is 5.97 Å². The number of guanidine groups is 1. The second kappa shape index (κ2) is 16.3. The molecular weight excluding hydrogens is 484 g/mol. The van der Waals surface area contributed by atoms with Crippen LogP contribution in [-0.4, -0.2) is 77.4 Å². The van der Waals surface area contributed by atoms with Crippen LogP contribution in [0, 0.1) is 17.2 Å². The first-order chi connectivity index (χ1) is 17.1. The van der Waals surface area contributed by atoms with Gasteiger partial charge in [0.2, 0.25) is 23.6 Å². The van der Waals surface area contributed by atoms with E-state index in [0.29, 0.717) is 19.4 Å². The molecule has 6 atom stereocenters. The fraction of sp³-hybridized carbons (Fsp3) is 0.739. The minimum Gasteiger partial charge on any atom is -0.480 e. The monoisotopic (exact) mass is 528 g/mol. The van der Waals surface area contributed by atoms with Gasteiger partial charge in [-0.3, -0.25) is 24.6 Å². The molecule has 0 unspecified atom stereocenters. The lowest BCUT2D eigenvalue weighted by molar-refractivity contribution is -0.143. The maximum absolute atomic E-state index is 12.9. The molecule has 14 heteroatoms. The minimum atomic E-state index is -1.19. The first-order valence-corrected chi connectivity index (χ1v) is 12.4. The van der Waals surface area contributed by atoms with Gasteiger partial charge in [-0.2, -0.15) is 0 Å². The predicted octanol–water partition coefficient (Wildman–Crippen LogP) is -1.66. The molecule has 0 radical (unpaired) electrons. The third-order valence-electron chi connectivity index (χ3n) is 5.91. The van der Waals surface area contributed by atoms with E-state index in [-0.39, 0.29) is 24.2 Å². The van der Waals surface area contributed by atoms with Crippen LogP contribution in [0.2, 0.25) is 0 Å². The molecule has 0 saturated heterocycles. The van der Waals surface area contributed by atoms with Crippen molar-refractivity contribution < 1.29 is 29.1 Å². The van der Waals surface area contributed by atoms with Crippen molar-refractivity contribution in [2.75, 3.05) is 6.54 Å². The molecule has 0 aliphatic heterocycles. The van der Waals surface area contributed by atoms with Gasteiger partial charge in [-0.25, -0.2) is 4.79 Å². The number of nitrogens with one attached hydrogen (secondary N) is 6. The number of rotatable bonds is 16. The first kappa shape index (κ1) is 33.6. The van der Waals surface area contributed by atoms with E-state index in [2.05, 4.69) is 26.6 Å². The van der Waals surface area contributed by atoms with Gasteiger partial charge in [-0.1, -0.05) is 34.1 Å². The van der Waals surface area contributed by atoms with Gasteiger partial charge in [0.05, 0.1) is 6.04 Å². The van der Waals surface area contributed by atoms with Crippen LogP contribution in [0.1, 0.15) is 60.8 Å². The molecule has 0 aromatic carbocycles. The second-order valence-corrected chi connectivity index (χ2v) is 9.48. The molecule has 14 nitrogen and oxygen atoms in total. The molecule has 37 heavy (non-hydrogen) atoms. The Labute approximate surface area is 217 Å². The van der Waals surface area contributed by atoms with Crippen LogP contribution in [-0.2, 0) is 24.0 Å². The van der Waals surface area contributed by atoms with E-state index in [9.17, 15) is 29.1 Å². The quantitative estimate of drug-likeness (QED) is 0.0631. The molecule has 0 aromatic rings. The lowest BCUT2D eigenvalue weighted by Gasteiger charge is -2.25. The van der Waals surface area contributed by atoms with E-state index in [1.807, 2.05) is 13.8 Å². The smallest absolute Gasteiger partial charge is 0.326 e. The van der Waals surface area contributed by atoms with E-state index in [4.69, 9.17) is 16.9 Å². The molecule has 0 rings (SSSR count). The Kier molecular flexibility index (Phi) is 14.8. The summed E-state index contributed by atoms with van der Waals surface area (Å²) in [4.78, 5) is 61.7. The Morgan fingerprint density at radius 1 is 0.838 bits per heavy atom. The van der Waals surface area contributed by atoms with E-state index >= 15 is 0 Å². The van der Waals surface area contributed by atoms with Crippen LogP contribution in [0.5, 0.6) is 0 Å². The SMILES string of the molecule is CC[C@H](C)[C@H](N)C(=O)N[C@@H](CCCNC(=N)N)C(=O)N[C@@H](C)C(=O)N[C@@H](C)C(=O)N[C@H](C(=O)O)C(C)C. The number of carbonyl (C=O) groups is 5. The van der Waals surface area contributed by atoms with Gasteiger partial charge in [0.15, 0.2) is 5.96 Å². The van der Waals surface area contributed by atoms with Crippen LogP contribution in [0.15, 0.2) is 0 Å². The average Bonchev–Trinajstić information content (AvgIpc) is 2.81. The fourth-order valence-corrected chi connectivity index (χ4v) is 3.15. The molecule has 11 N–H and O–H groups in total. The number of nitrogens with two attached hydrogens (primary N) is 2. The normalized spacial score (nSPS) is 15.8. The topological polar surface area (TPSA) is 242 Å². The Balaban J connectivity index is 5.20. The second-order valence-electron chi connectivity index (χ2n) is 9.48. The summed E-state index contributed by atoms with van der Waals surface area (Å²) < 4.78 is 0. The lowest BCUT2D eigenvalue weighted by atomic mass is 9.98. The van der Waals surface area contributed by atoms with Crippen molar-refractivity contribution in [3.05, 3.63) is 0 Å². The predicted molar refractivity (Wildman–Crippen MR) is 138 cm³/mol. The molecule has 0 aliphatic rings. The summed E-state index contributed by atoms with van der Waals surface area (Å²) in [7, 11) is 0. The Morgan fingerprint density at radius 2 is 1.35 bits per heavy atom. The van der Waals surface area contributed by atoms with Gasteiger partial charge in [-0.15, -0.1) is 0 Å². The summed E-state index contributed by atoms with van der Waals surface area (Å²) in [5.74, 6) is -4.39. The highest BCUT2D eigenvalue weighted by Crippen LogP contribution is 2.07. The highest BCUT2D eigenvalue weighted by Gasteiger charge is 2.30. The van der Waals surface area contributed by atoms with E-state index in [0.717, 1.165) is 0 Å². The Bertz CT molecular complexity index is 821. The molecular formula is C23H44N8O6. The molecule has 4 amide bonds. The molecule has 212 valence electrons. The van der Waals surface area contributed by atoms with Crippen LogP contribution < -0.4 is 38.1 Å². The van der Waals surface area contributed by atoms with Gasteiger partial charge in [0.1, 0.15) is 24.2 Å². The van der Waals surface area contributed by atoms with Gasteiger partial charge in [0, 0.05) is 6.54 Å². The largest absolute Gasteiger partial charge is 0.480 e. The van der Waals surface area contributed by atoms with Crippen LogP contribution in [0.4, 0.5) is 0 Å². The molecule has 0 aliphatic carbocycles. The number of carboxylic acid groups (broad SMARTS) is 1. The third kappa shape index (κ3) is 12.4. The van der Waals surface area contributed by atoms with Crippen molar-refractivity contribution in [2.24, 2.45) is 23.3 Å². The zero-order valence-electron chi connectivity index (χ0n) is 22.5. The standard InChI is InChI=1S/C23H44N8O6/c1-7-12(4)16(24)21(35)30-15(9-8-10-27-23(25)26)20(34)29-13(5)18(32)28-14(6)19(33)31-17(11(2)3)22(36)37/h11-17H,7-10,24H2,1-6H3,(H,28,32)(H,29,34)(H,30,35)(H,31,33)(H,36,37)(H4,25,26,27)/t12-,13-,14-,15-,16-,17-/m0/s1. The summed E-state index contributed by atoms with van der Waals surface area (Å²) in [5, 5.41) is 29.0. The van der Waals surface area contributed by atoms with E-state index in [1.54, 1.807) is 13.8 Å². The Morgan fingerprint density at radius 3 is 1.81 bits per heavy atom. The number of hydrogen-bond donors (Lipinski definition) is 9. The van der Waals surface area contributed by atoms with E-state index in [1.165, 1.54) is 13.8 Å².